The lowest BCUT2D eigenvalue weighted by Gasteiger charge is -2.18. The van der Waals surface area contributed by atoms with Crippen molar-refractivity contribution in [2.24, 2.45) is 0 Å². The number of carbonyl (C=O) groups is 1. The summed E-state index contributed by atoms with van der Waals surface area (Å²) < 4.78 is 61.4. The van der Waals surface area contributed by atoms with Crippen LogP contribution in [-0.2, 0) is 0 Å². The molecule has 1 aromatic carbocycles. The van der Waals surface area contributed by atoms with Crippen molar-refractivity contribution in [1.29, 1.82) is 0 Å². The number of ketones is 1. The van der Waals surface area contributed by atoms with Crippen molar-refractivity contribution in [3.8, 4) is 0 Å². The predicted molar refractivity (Wildman–Crippen MR) is 51.8 cm³/mol. The maximum absolute atomic E-state index is 12.7. The van der Waals surface area contributed by atoms with Crippen LogP contribution in [-0.4, -0.2) is 17.9 Å². The maximum atomic E-state index is 12.7. The third-order valence-electron chi connectivity index (χ3n) is 1.81. The summed E-state index contributed by atoms with van der Waals surface area (Å²) in [6, 6.07) is 2.78. The van der Waals surface area contributed by atoms with Gasteiger partial charge in [-0.1, -0.05) is 23.2 Å². The van der Waals surface area contributed by atoms with E-state index in [1.165, 1.54) is 0 Å². The molecule has 0 bridgehead atoms. The number of halogens is 7. The molecule has 0 aliphatic heterocycles. The number of hydrogen-bond donors (Lipinski definition) is 0. The standard InChI is InChI=1S/C9H3Cl2F5O/c10-4-1-2-6(11)5(3-4)7(17)8(12,13)9(14,15)16/h1-3H. The van der Waals surface area contributed by atoms with Gasteiger partial charge in [-0.05, 0) is 18.2 Å². The van der Waals surface area contributed by atoms with E-state index >= 15 is 0 Å². The van der Waals surface area contributed by atoms with Gasteiger partial charge in [0.25, 0.3) is 0 Å². The Morgan fingerprint density at radius 1 is 1.06 bits per heavy atom. The van der Waals surface area contributed by atoms with Gasteiger partial charge in [-0.25, -0.2) is 0 Å². The van der Waals surface area contributed by atoms with Crippen LogP contribution in [0.1, 0.15) is 10.4 Å². The van der Waals surface area contributed by atoms with Crippen LogP contribution < -0.4 is 0 Å². The summed E-state index contributed by atoms with van der Waals surface area (Å²) in [5.74, 6) is -7.93. The quantitative estimate of drug-likeness (QED) is 0.584. The Morgan fingerprint density at radius 3 is 2.06 bits per heavy atom. The summed E-state index contributed by atoms with van der Waals surface area (Å²) in [6.45, 7) is 0. The van der Waals surface area contributed by atoms with Crippen LogP contribution in [0.4, 0.5) is 22.0 Å². The van der Waals surface area contributed by atoms with Crippen molar-refractivity contribution >= 4 is 29.0 Å². The minimum Gasteiger partial charge on any atom is -0.287 e. The van der Waals surface area contributed by atoms with E-state index in [0.29, 0.717) is 6.07 Å². The van der Waals surface area contributed by atoms with Crippen LogP contribution in [0.2, 0.25) is 10.0 Å². The molecule has 0 aromatic heterocycles. The van der Waals surface area contributed by atoms with Crippen molar-refractivity contribution in [3.63, 3.8) is 0 Å². The van der Waals surface area contributed by atoms with E-state index in [1.807, 2.05) is 0 Å². The Kier molecular flexibility index (Phi) is 3.69. The van der Waals surface area contributed by atoms with E-state index in [0.717, 1.165) is 12.1 Å². The highest BCUT2D eigenvalue weighted by Crippen LogP contribution is 2.39. The van der Waals surface area contributed by atoms with E-state index in [1.54, 1.807) is 0 Å². The Balaban J connectivity index is 3.26. The van der Waals surface area contributed by atoms with Crippen molar-refractivity contribution in [3.05, 3.63) is 33.8 Å². The first-order valence-corrected chi connectivity index (χ1v) is 4.77. The molecule has 0 spiro atoms. The van der Waals surface area contributed by atoms with Crippen molar-refractivity contribution in [2.75, 3.05) is 0 Å². The van der Waals surface area contributed by atoms with Crippen molar-refractivity contribution in [1.82, 2.24) is 0 Å². The fourth-order valence-electron chi connectivity index (χ4n) is 0.969. The summed E-state index contributed by atoms with van der Waals surface area (Å²) >= 11 is 10.8. The number of hydrogen-bond acceptors (Lipinski definition) is 1. The second kappa shape index (κ2) is 4.42. The summed E-state index contributed by atoms with van der Waals surface area (Å²) in [5, 5.41) is -0.695. The molecular weight excluding hydrogens is 290 g/mol. The zero-order valence-corrected chi connectivity index (χ0v) is 9.30. The summed E-state index contributed by atoms with van der Waals surface area (Å²) in [4.78, 5) is 11.1. The third-order valence-corrected chi connectivity index (χ3v) is 2.38. The van der Waals surface area contributed by atoms with Crippen LogP contribution in [0.3, 0.4) is 0 Å². The molecule has 0 aliphatic rings. The molecule has 94 valence electrons. The highest BCUT2D eigenvalue weighted by molar-refractivity contribution is 6.36. The fraction of sp³-hybridized carbons (Fsp3) is 0.222. The van der Waals surface area contributed by atoms with Gasteiger partial charge in [0.15, 0.2) is 0 Å². The molecule has 0 unspecified atom stereocenters. The lowest BCUT2D eigenvalue weighted by atomic mass is 10.1. The average Bonchev–Trinajstić information content (AvgIpc) is 2.19. The van der Waals surface area contributed by atoms with E-state index in [-0.39, 0.29) is 5.02 Å². The molecule has 8 heteroatoms. The lowest BCUT2D eigenvalue weighted by Crippen LogP contribution is -2.44. The molecule has 1 rings (SSSR count). The van der Waals surface area contributed by atoms with Crippen LogP contribution in [0.5, 0.6) is 0 Å². The molecule has 0 saturated heterocycles. The molecule has 0 aliphatic carbocycles. The second-order valence-electron chi connectivity index (χ2n) is 3.03. The largest absolute Gasteiger partial charge is 0.461 e. The molecule has 0 amide bonds. The molecular formula is C9H3Cl2F5O. The lowest BCUT2D eigenvalue weighted by molar-refractivity contribution is -0.255. The molecule has 0 radical (unpaired) electrons. The Morgan fingerprint density at radius 2 is 1.59 bits per heavy atom. The summed E-state index contributed by atoms with van der Waals surface area (Å²) in [7, 11) is 0. The number of Topliss-reactive ketones (excluding diaryl/α,β-unsaturated/α-hetero) is 1. The maximum Gasteiger partial charge on any atom is 0.461 e. The van der Waals surface area contributed by atoms with Gasteiger partial charge in [-0.3, -0.25) is 4.79 Å². The zero-order valence-electron chi connectivity index (χ0n) is 7.79. The first-order valence-electron chi connectivity index (χ1n) is 4.02. The Labute approximate surface area is 102 Å². The van der Waals surface area contributed by atoms with Gasteiger partial charge >= 0.3 is 12.1 Å². The van der Waals surface area contributed by atoms with E-state index in [4.69, 9.17) is 23.2 Å². The van der Waals surface area contributed by atoms with Crippen LogP contribution in [0.15, 0.2) is 18.2 Å². The summed E-state index contributed by atoms with van der Waals surface area (Å²) in [5.41, 5.74) is -0.971. The molecule has 0 heterocycles. The third kappa shape index (κ3) is 2.69. The molecule has 0 atom stereocenters. The van der Waals surface area contributed by atoms with Gasteiger partial charge < -0.3 is 0 Å². The first-order chi connectivity index (χ1) is 7.57. The van der Waals surface area contributed by atoms with Gasteiger partial charge in [0.2, 0.25) is 5.78 Å². The van der Waals surface area contributed by atoms with Crippen LogP contribution >= 0.6 is 23.2 Å². The van der Waals surface area contributed by atoms with E-state index in [9.17, 15) is 26.7 Å². The molecule has 0 fully saturated rings. The first kappa shape index (κ1) is 14.2. The zero-order chi connectivity index (χ0) is 13.4. The topological polar surface area (TPSA) is 17.1 Å². The number of benzene rings is 1. The molecule has 0 saturated carbocycles. The smallest absolute Gasteiger partial charge is 0.287 e. The highest BCUT2D eigenvalue weighted by atomic mass is 35.5. The fourth-order valence-corrected chi connectivity index (χ4v) is 1.34. The van der Waals surface area contributed by atoms with Crippen LogP contribution in [0, 0.1) is 0 Å². The minimum absolute atomic E-state index is 0.171. The SMILES string of the molecule is O=C(c1cc(Cl)ccc1Cl)C(F)(F)C(F)(F)F. The molecule has 17 heavy (non-hydrogen) atoms. The monoisotopic (exact) mass is 292 g/mol. The minimum atomic E-state index is -5.98. The van der Waals surface area contributed by atoms with E-state index < -0.39 is 28.5 Å². The van der Waals surface area contributed by atoms with E-state index in [2.05, 4.69) is 0 Å². The Hall–Kier alpha value is -0.880. The number of alkyl halides is 5. The van der Waals surface area contributed by atoms with Gasteiger partial charge in [-0.15, -0.1) is 0 Å². The second-order valence-corrected chi connectivity index (χ2v) is 3.87. The van der Waals surface area contributed by atoms with Crippen LogP contribution in [0.25, 0.3) is 0 Å². The predicted octanol–water partition coefficient (Wildman–Crippen LogP) is 4.37. The molecule has 1 aromatic rings. The number of carbonyl (C=O) groups excluding carboxylic acids is 1. The molecule has 0 N–H and O–H groups in total. The highest BCUT2D eigenvalue weighted by Gasteiger charge is 2.63. The summed E-state index contributed by atoms with van der Waals surface area (Å²) in [6.07, 6.45) is -5.98. The molecule has 1 nitrogen and oxygen atoms in total. The number of rotatable bonds is 2. The normalized spacial score (nSPS) is 12.6. The van der Waals surface area contributed by atoms with Gasteiger partial charge in [0.05, 0.1) is 5.02 Å². The van der Waals surface area contributed by atoms with Crippen molar-refractivity contribution < 1.29 is 26.7 Å². The van der Waals surface area contributed by atoms with Gasteiger partial charge in [0, 0.05) is 10.6 Å². The Bertz CT molecular complexity index is 455. The van der Waals surface area contributed by atoms with Gasteiger partial charge in [0.1, 0.15) is 0 Å². The van der Waals surface area contributed by atoms with Gasteiger partial charge in [-0.2, -0.15) is 22.0 Å². The average molecular weight is 293 g/mol. The van der Waals surface area contributed by atoms with Crippen molar-refractivity contribution in [2.45, 2.75) is 12.1 Å².